The van der Waals surface area contributed by atoms with E-state index in [1.54, 1.807) is 6.92 Å². The number of rotatable bonds is 5. The molecule has 0 saturated carbocycles. The first-order valence-electron chi connectivity index (χ1n) is 4.22. The maximum atomic E-state index is 10.6. The largest absolute Gasteiger partial charge is 0.300 e. The Labute approximate surface area is 83.5 Å². The Balaban J connectivity index is 3.17. The summed E-state index contributed by atoms with van der Waals surface area (Å²) in [5.74, 6) is 1.39. The zero-order valence-electron chi connectivity index (χ0n) is 8.35. The van der Waals surface area contributed by atoms with E-state index in [0.717, 1.165) is 18.6 Å². The minimum atomic E-state index is 0.302. The van der Waals surface area contributed by atoms with E-state index in [9.17, 15) is 4.79 Å². The number of ketones is 1. The average molecular weight is 206 g/mol. The summed E-state index contributed by atoms with van der Waals surface area (Å²) in [7, 11) is 3.76. The molecule has 0 bridgehead atoms. The second-order valence-electron chi connectivity index (χ2n) is 3.82. The second-order valence-corrected chi connectivity index (χ2v) is 7.07. The molecule has 0 aliphatic heterocycles. The summed E-state index contributed by atoms with van der Waals surface area (Å²) in [6.45, 7) is 8.27. The van der Waals surface area contributed by atoms with Gasteiger partial charge in [-0.25, -0.2) is 0 Å². The van der Waals surface area contributed by atoms with Gasteiger partial charge in [0.1, 0.15) is 5.78 Å². The van der Waals surface area contributed by atoms with Crippen LogP contribution in [0.5, 0.6) is 0 Å². The van der Waals surface area contributed by atoms with E-state index in [0.29, 0.717) is 10.5 Å². The summed E-state index contributed by atoms with van der Waals surface area (Å²) >= 11 is 0. The van der Waals surface area contributed by atoms with Gasteiger partial charge in [-0.1, -0.05) is 42.4 Å². The fourth-order valence-electron chi connectivity index (χ4n) is 0.598. The van der Waals surface area contributed by atoms with E-state index in [-0.39, 0.29) is 0 Å². The third-order valence-corrected chi connectivity index (χ3v) is 4.49. The van der Waals surface area contributed by atoms with Gasteiger partial charge in [0.25, 0.3) is 0 Å². The maximum absolute atomic E-state index is 10.6. The van der Waals surface area contributed by atoms with Crippen LogP contribution < -0.4 is 0 Å². The molecule has 0 saturated heterocycles. The number of hydrogen-bond donors (Lipinski definition) is 0. The highest BCUT2D eigenvalue weighted by atomic mass is 33.1. The van der Waals surface area contributed by atoms with E-state index in [1.807, 2.05) is 21.6 Å². The summed E-state index contributed by atoms with van der Waals surface area (Å²) in [6.07, 6.45) is 1.75. The molecule has 3 heteroatoms. The maximum Gasteiger partial charge on any atom is 0.129 e. The molecule has 0 radical (unpaired) electrons. The Bertz CT molecular complexity index is 138. The van der Waals surface area contributed by atoms with Crippen LogP contribution in [-0.4, -0.2) is 16.3 Å². The van der Waals surface area contributed by atoms with Crippen LogP contribution in [0.15, 0.2) is 0 Å². The third-order valence-electron chi connectivity index (χ3n) is 1.07. The summed E-state index contributed by atoms with van der Waals surface area (Å²) in [6, 6.07) is 0. The van der Waals surface area contributed by atoms with Crippen LogP contribution in [0, 0.1) is 0 Å². The van der Waals surface area contributed by atoms with Crippen LogP contribution in [0.2, 0.25) is 0 Å². The third kappa shape index (κ3) is 10.4. The van der Waals surface area contributed by atoms with E-state index < -0.39 is 0 Å². The first-order valence-corrected chi connectivity index (χ1v) is 6.54. The number of carbonyl (C=O) groups is 1. The summed E-state index contributed by atoms with van der Waals surface area (Å²) in [5, 5.41) is 0. The number of hydrogen-bond acceptors (Lipinski definition) is 3. The van der Waals surface area contributed by atoms with E-state index in [1.165, 1.54) is 0 Å². The van der Waals surface area contributed by atoms with Gasteiger partial charge in [0.15, 0.2) is 0 Å². The normalized spacial score (nSPS) is 11.7. The molecule has 0 atom stereocenters. The van der Waals surface area contributed by atoms with Gasteiger partial charge >= 0.3 is 0 Å². The predicted octanol–water partition coefficient (Wildman–Crippen LogP) is 3.54. The Morgan fingerprint density at radius 2 is 1.92 bits per heavy atom. The monoisotopic (exact) mass is 206 g/mol. The van der Waals surface area contributed by atoms with Gasteiger partial charge in [0, 0.05) is 16.9 Å². The van der Waals surface area contributed by atoms with Crippen LogP contribution in [0.1, 0.15) is 40.5 Å². The predicted molar refractivity (Wildman–Crippen MR) is 59.7 cm³/mol. The van der Waals surface area contributed by atoms with Crippen LogP contribution >= 0.6 is 21.6 Å². The minimum absolute atomic E-state index is 0.302. The molecule has 0 aromatic heterocycles. The molecule has 0 aliphatic rings. The van der Waals surface area contributed by atoms with E-state index in [2.05, 4.69) is 20.8 Å². The molecule has 0 fully saturated rings. The first kappa shape index (κ1) is 12.4. The lowest BCUT2D eigenvalue weighted by molar-refractivity contribution is -0.117. The Morgan fingerprint density at radius 1 is 1.33 bits per heavy atom. The lowest BCUT2D eigenvalue weighted by Crippen LogP contribution is -2.04. The van der Waals surface area contributed by atoms with Crippen LogP contribution in [-0.2, 0) is 4.79 Å². The highest BCUT2D eigenvalue weighted by Crippen LogP contribution is 2.35. The molecule has 1 nitrogen and oxygen atoms in total. The molecular formula is C9H18OS2. The summed E-state index contributed by atoms with van der Waals surface area (Å²) in [4.78, 5) is 10.6. The van der Waals surface area contributed by atoms with Crippen molar-refractivity contribution >= 4 is 27.4 Å². The molecule has 12 heavy (non-hydrogen) atoms. The van der Waals surface area contributed by atoms with Crippen LogP contribution in [0.25, 0.3) is 0 Å². The topological polar surface area (TPSA) is 17.1 Å². The van der Waals surface area contributed by atoms with E-state index in [4.69, 9.17) is 0 Å². The van der Waals surface area contributed by atoms with Crippen molar-refractivity contribution in [3.63, 3.8) is 0 Å². The smallest absolute Gasteiger partial charge is 0.129 e. The molecule has 0 N–H and O–H groups in total. The number of Topliss-reactive ketones (excluding diaryl/α,β-unsaturated/α-hetero) is 1. The van der Waals surface area contributed by atoms with Crippen molar-refractivity contribution in [1.29, 1.82) is 0 Å². The van der Waals surface area contributed by atoms with Gasteiger partial charge in [-0.3, -0.25) is 0 Å². The van der Waals surface area contributed by atoms with Gasteiger partial charge in [-0.15, -0.1) is 0 Å². The van der Waals surface area contributed by atoms with Crippen LogP contribution in [0.4, 0.5) is 0 Å². The fourth-order valence-corrected chi connectivity index (χ4v) is 2.96. The Kier molecular flexibility index (Phi) is 6.10. The van der Waals surface area contributed by atoms with Crippen molar-refractivity contribution in [2.75, 3.05) is 5.75 Å². The fraction of sp³-hybridized carbons (Fsp3) is 0.889. The zero-order valence-corrected chi connectivity index (χ0v) is 9.98. The van der Waals surface area contributed by atoms with Gasteiger partial charge in [0.05, 0.1) is 0 Å². The quantitative estimate of drug-likeness (QED) is 0.506. The van der Waals surface area contributed by atoms with Gasteiger partial charge in [0.2, 0.25) is 0 Å². The number of carbonyl (C=O) groups excluding carboxylic acids is 1. The zero-order chi connectivity index (χ0) is 9.61. The van der Waals surface area contributed by atoms with Crippen molar-refractivity contribution in [2.24, 2.45) is 0 Å². The van der Waals surface area contributed by atoms with Crippen LogP contribution in [0.3, 0.4) is 0 Å². The van der Waals surface area contributed by atoms with E-state index >= 15 is 0 Å². The second kappa shape index (κ2) is 5.92. The molecule has 0 unspecified atom stereocenters. The molecule has 0 aliphatic carbocycles. The lowest BCUT2D eigenvalue weighted by Gasteiger charge is -2.15. The molecule has 72 valence electrons. The highest BCUT2D eigenvalue weighted by molar-refractivity contribution is 8.77. The molecule has 0 spiro atoms. The molecule has 0 heterocycles. The molecule has 0 aromatic carbocycles. The molecule has 0 amide bonds. The van der Waals surface area contributed by atoms with Crippen molar-refractivity contribution in [3.8, 4) is 0 Å². The average Bonchev–Trinajstić information content (AvgIpc) is 1.83. The lowest BCUT2D eigenvalue weighted by atomic mass is 10.3. The van der Waals surface area contributed by atoms with Crippen molar-refractivity contribution in [1.82, 2.24) is 0 Å². The van der Waals surface area contributed by atoms with Crippen molar-refractivity contribution < 1.29 is 4.79 Å². The van der Waals surface area contributed by atoms with Gasteiger partial charge < -0.3 is 4.79 Å². The van der Waals surface area contributed by atoms with Gasteiger partial charge in [-0.05, 0) is 13.3 Å². The van der Waals surface area contributed by atoms with Gasteiger partial charge in [-0.2, -0.15) is 0 Å². The van der Waals surface area contributed by atoms with Crippen molar-refractivity contribution in [3.05, 3.63) is 0 Å². The highest BCUT2D eigenvalue weighted by Gasteiger charge is 2.10. The molecule has 0 rings (SSSR count). The Hall–Kier alpha value is 0.370. The summed E-state index contributed by atoms with van der Waals surface area (Å²) in [5.41, 5.74) is 0. The SMILES string of the molecule is CC(=O)CCCSSC(C)(C)C. The standard InChI is InChI=1S/C9H18OS2/c1-8(10)6-5-7-11-12-9(2,3)4/h5-7H2,1-4H3. The Morgan fingerprint density at radius 3 is 2.33 bits per heavy atom. The van der Waals surface area contributed by atoms with Crippen molar-refractivity contribution in [2.45, 2.75) is 45.3 Å². The first-order chi connectivity index (χ1) is 5.42. The molecule has 0 aromatic rings. The summed E-state index contributed by atoms with van der Waals surface area (Å²) < 4.78 is 0.334. The molecular weight excluding hydrogens is 188 g/mol. The minimum Gasteiger partial charge on any atom is -0.300 e.